The first kappa shape index (κ1) is 20.6. The van der Waals surface area contributed by atoms with Gasteiger partial charge in [0, 0.05) is 6.20 Å². The molecule has 10 heteroatoms. The lowest BCUT2D eigenvalue weighted by atomic mass is 10.0. The molecule has 1 amide bonds. The molecule has 0 spiro atoms. The van der Waals surface area contributed by atoms with E-state index in [0.717, 1.165) is 16.3 Å². The van der Waals surface area contributed by atoms with Crippen LogP contribution < -0.4 is 5.32 Å². The molecule has 1 N–H and O–H groups in total. The number of alkyl halides is 4. The summed E-state index contributed by atoms with van der Waals surface area (Å²) in [5.74, 6) is -0.685. The van der Waals surface area contributed by atoms with Crippen LogP contribution in [0.25, 0.3) is 10.8 Å². The van der Waals surface area contributed by atoms with Crippen LogP contribution in [0.4, 0.5) is 23.2 Å². The maximum absolute atomic E-state index is 13.1. The summed E-state index contributed by atoms with van der Waals surface area (Å²) < 4.78 is 53.8. The fourth-order valence-electron chi connectivity index (χ4n) is 3.32. The first-order valence-corrected chi connectivity index (χ1v) is 9.33. The maximum atomic E-state index is 13.1. The number of aromatic nitrogens is 4. The fraction of sp³-hybridized carbons (Fsp3) is 0.190. The molecular weight excluding hydrogens is 414 g/mol. The quantitative estimate of drug-likeness (QED) is 0.428. The number of carbonyl (C=O) groups excluding carboxylic acids is 1. The van der Waals surface area contributed by atoms with E-state index in [1.807, 2.05) is 42.5 Å². The van der Waals surface area contributed by atoms with Crippen molar-refractivity contribution in [3.63, 3.8) is 0 Å². The van der Waals surface area contributed by atoms with Crippen molar-refractivity contribution in [2.75, 3.05) is 5.32 Å². The summed E-state index contributed by atoms with van der Waals surface area (Å²) in [6.45, 7) is -0.162. The van der Waals surface area contributed by atoms with Crippen LogP contribution in [0.3, 0.4) is 0 Å². The van der Waals surface area contributed by atoms with Gasteiger partial charge in [-0.1, -0.05) is 42.5 Å². The maximum Gasteiger partial charge on any atom is 0.282 e. The summed E-state index contributed by atoms with van der Waals surface area (Å²) in [6.07, 6.45) is -3.02. The molecule has 4 rings (SSSR count). The van der Waals surface area contributed by atoms with E-state index < -0.39 is 36.7 Å². The van der Waals surface area contributed by atoms with Gasteiger partial charge in [0.25, 0.3) is 12.9 Å². The molecule has 0 saturated carbocycles. The Bertz CT molecular complexity index is 1210. The number of benzene rings is 2. The third kappa shape index (κ3) is 4.57. The molecule has 0 radical (unpaired) electrons. The molecule has 6 nitrogen and oxygen atoms in total. The van der Waals surface area contributed by atoms with Crippen LogP contribution in [0.2, 0.25) is 0 Å². The minimum Gasteiger partial charge on any atom is -0.322 e. The van der Waals surface area contributed by atoms with Gasteiger partial charge in [-0.15, -0.1) is 0 Å². The third-order valence-electron chi connectivity index (χ3n) is 4.70. The second-order valence-corrected chi connectivity index (χ2v) is 6.87. The molecule has 2 heterocycles. The molecule has 31 heavy (non-hydrogen) atoms. The summed E-state index contributed by atoms with van der Waals surface area (Å²) in [6, 6.07) is 14.5. The van der Waals surface area contributed by atoms with E-state index in [2.05, 4.69) is 15.5 Å². The smallest absolute Gasteiger partial charge is 0.282 e. The average molecular weight is 431 g/mol. The van der Waals surface area contributed by atoms with Crippen LogP contribution in [-0.4, -0.2) is 25.5 Å². The predicted molar refractivity (Wildman–Crippen MR) is 106 cm³/mol. The normalized spacial score (nSPS) is 11.5. The Morgan fingerprint density at radius 1 is 1.03 bits per heavy atom. The Kier molecular flexibility index (Phi) is 5.70. The van der Waals surface area contributed by atoms with Gasteiger partial charge in [-0.3, -0.25) is 14.2 Å². The number of hydrogen-bond donors (Lipinski definition) is 1. The number of fused-ring (bicyclic) bond motifs is 1. The van der Waals surface area contributed by atoms with E-state index in [-0.39, 0.29) is 0 Å². The molecule has 160 valence electrons. The molecule has 0 bridgehead atoms. The largest absolute Gasteiger partial charge is 0.322 e. The lowest BCUT2D eigenvalue weighted by Gasteiger charge is -2.07. The van der Waals surface area contributed by atoms with E-state index in [1.165, 1.54) is 6.20 Å². The molecule has 0 saturated heterocycles. The Balaban J connectivity index is 1.45. The summed E-state index contributed by atoms with van der Waals surface area (Å²) in [5.41, 5.74) is -0.148. The lowest BCUT2D eigenvalue weighted by Crippen LogP contribution is -2.21. The van der Waals surface area contributed by atoms with Crippen molar-refractivity contribution in [1.82, 2.24) is 19.6 Å². The standard InChI is InChI=1S/C21H17F4N5O/c22-20(23)17-8-18(21(24)25)30(28-17)12-19(31)27-15-9-26-29(11-15)10-14-6-3-5-13-4-1-2-7-16(13)14/h1-9,11,20-21H,10,12H2,(H,27,31). The van der Waals surface area contributed by atoms with Crippen molar-refractivity contribution < 1.29 is 22.4 Å². The van der Waals surface area contributed by atoms with E-state index in [4.69, 9.17) is 0 Å². The Morgan fingerprint density at radius 3 is 2.58 bits per heavy atom. The van der Waals surface area contributed by atoms with Crippen LogP contribution in [0.15, 0.2) is 60.9 Å². The summed E-state index contributed by atoms with van der Waals surface area (Å²) in [7, 11) is 0. The van der Waals surface area contributed by atoms with Gasteiger partial charge >= 0.3 is 0 Å². The highest BCUT2D eigenvalue weighted by Crippen LogP contribution is 2.25. The van der Waals surface area contributed by atoms with Gasteiger partial charge in [0.05, 0.1) is 18.4 Å². The number of nitrogens with zero attached hydrogens (tertiary/aromatic N) is 4. The predicted octanol–water partition coefficient (Wildman–Crippen LogP) is 4.80. The molecule has 0 fully saturated rings. The number of rotatable bonds is 7. The number of amides is 1. The van der Waals surface area contributed by atoms with E-state index >= 15 is 0 Å². The Hall–Kier alpha value is -3.69. The van der Waals surface area contributed by atoms with E-state index in [1.54, 1.807) is 10.9 Å². The van der Waals surface area contributed by atoms with Gasteiger partial charge in [-0.25, -0.2) is 17.6 Å². The molecule has 0 unspecified atom stereocenters. The highest BCUT2D eigenvalue weighted by molar-refractivity contribution is 5.90. The van der Waals surface area contributed by atoms with Gasteiger partial charge in [0.2, 0.25) is 5.91 Å². The van der Waals surface area contributed by atoms with Crippen LogP contribution in [0, 0.1) is 0 Å². The van der Waals surface area contributed by atoms with Gasteiger partial charge in [-0.05, 0) is 22.4 Å². The minimum atomic E-state index is -3.03. The van der Waals surface area contributed by atoms with Gasteiger partial charge in [-0.2, -0.15) is 10.2 Å². The summed E-state index contributed by atoms with van der Waals surface area (Å²) in [5, 5.41) is 12.3. The monoisotopic (exact) mass is 431 g/mol. The van der Waals surface area contributed by atoms with Crippen molar-refractivity contribution in [1.29, 1.82) is 0 Å². The highest BCUT2D eigenvalue weighted by atomic mass is 19.3. The van der Waals surface area contributed by atoms with E-state index in [0.29, 0.717) is 23.0 Å². The zero-order valence-electron chi connectivity index (χ0n) is 16.1. The topological polar surface area (TPSA) is 64.7 Å². The summed E-state index contributed by atoms with van der Waals surface area (Å²) >= 11 is 0. The first-order chi connectivity index (χ1) is 14.9. The van der Waals surface area contributed by atoms with Crippen LogP contribution in [-0.2, 0) is 17.9 Å². The minimum absolute atomic E-state index is 0.352. The molecular formula is C21H17F4N5O. The first-order valence-electron chi connectivity index (χ1n) is 9.33. The number of anilines is 1. The molecule has 4 aromatic rings. The van der Waals surface area contributed by atoms with Gasteiger partial charge < -0.3 is 5.32 Å². The molecule has 0 aliphatic rings. The van der Waals surface area contributed by atoms with Gasteiger partial charge in [0.15, 0.2) is 0 Å². The number of halogens is 4. The third-order valence-corrected chi connectivity index (χ3v) is 4.70. The molecule has 0 aliphatic heterocycles. The second kappa shape index (κ2) is 8.58. The molecule has 2 aromatic heterocycles. The second-order valence-electron chi connectivity index (χ2n) is 6.87. The van der Waals surface area contributed by atoms with Crippen molar-refractivity contribution >= 4 is 22.4 Å². The van der Waals surface area contributed by atoms with Crippen molar-refractivity contribution in [2.45, 2.75) is 25.9 Å². The molecule has 0 atom stereocenters. The van der Waals surface area contributed by atoms with E-state index in [9.17, 15) is 22.4 Å². The van der Waals surface area contributed by atoms with Crippen LogP contribution in [0.1, 0.15) is 29.8 Å². The number of carbonyl (C=O) groups is 1. The number of hydrogen-bond acceptors (Lipinski definition) is 3. The molecule has 0 aliphatic carbocycles. The van der Waals surface area contributed by atoms with Gasteiger partial charge in [0.1, 0.15) is 17.9 Å². The fourth-order valence-corrected chi connectivity index (χ4v) is 3.32. The lowest BCUT2D eigenvalue weighted by molar-refractivity contribution is -0.117. The average Bonchev–Trinajstić information content (AvgIpc) is 3.35. The Morgan fingerprint density at radius 2 is 1.81 bits per heavy atom. The molecule has 2 aromatic carbocycles. The van der Waals surface area contributed by atoms with Crippen molar-refractivity contribution in [3.8, 4) is 0 Å². The zero-order valence-corrected chi connectivity index (χ0v) is 16.1. The van der Waals surface area contributed by atoms with Crippen LogP contribution in [0.5, 0.6) is 0 Å². The Labute approximate surface area is 174 Å². The SMILES string of the molecule is O=C(Cn1nc(C(F)F)cc1C(F)F)Nc1cnn(Cc2cccc3ccccc23)c1. The highest BCUT2D eigenvalue weighted by Gasteiger charge is 2.22. The number of nitrogens with one attached hydrogen (secondary N) is 1. The van der Waals surface area contributed by atoms with Crippen molar-refractivity contribution in [2.24, 2.45) is 0 Å². The van der Waals surface area contributed by atoms with Crippen molar-refractivity contribution in [3.05, 3.63) is 77.9 Å². The zero-order chi connectivity index (χ0) is 22.0. The van der Waals surface area contributed by atoms with Crippen LogP contribution >= 0.6 is 0 Å². The summed E-state index contributed by atoms with van der Waals surface area (Å²) in [4.78, 5) is 12.2.